The first kappa shape index (κ1) is 13.9. The van der Waals surface area contributed by atoms with Crippen LogP contribution in [0.2, 0.25) is 0 Å². The number of rotatable bonds is 6. The molecule has 0 bridgehead atoms. The number of piperidine rings is 1. The van der Waals surface area contributed by atoms with Gasteiger partial charge in [-0.15, -0.1) is 0 Å². The number of hydrogen-bond donors (Lipinski definition) is 1. The average molecular weight is 228 g/mol. The number of hydrogen-bond acceptors (Lipinski definition) is 3. The highest BCUT2D eigenvalue weighted by Gasteiger charge is 2.16. The van der Waals surface area contributed by atoms with Gasteiger partial charge in [0.2, 0.25) is 0 Å². The Balaban J connectivity index is 2.16. The molecule has 0 spiro atoms. The molecule has 0 amide bonds. The SMILES string of the molecule is CC(C)N(CCOC1CCNCC1)C(C)C. The minimum atomic E-state index is 0.488. The fraction of sp³-hybridized carbons (Fsp3) is 1.00. The Labute approximate surface area is 101 Å². The van der Waals surface area contributed by atoms with Gasteiger partial charge in [0, 0.05) is 18.6 Å². The second kappa shape index (κ2) is 7.25. The van der Waals surface area contributed by atoms with Gasteiger partial charge in [0.1, 0.15) is 0 Å². The van der Waals surface area contributed by atoms with Crippen LogP contribution in [0.25, 0.3) is 0 Å². The van der Waals surface area contributed by atoms with Crippen LogP contribution in [-0.2, 0) is 4.74 Å². The summed E-state index contributed by atoms with van der Waals surface area (Å²) in [6.07, 6.45) is 2.83. The Bertz CT molecular complexity index is 169. The lowest BCUT2D eigenvalue weighted by Gasteiger charge is -2.31. The minimum absolute atomic E-state index is 0.488. The number of nitrogens with zero attached hydrogens (tertiary/aromatic N) is 1. The molecule has 96 valence electrons. The molecule has 0 aromatic carbocycles. The Kier molecular flexibility index (Phi) is 6.32. The van der Waals surface area contributed by atoms with Crippen LogP contribution in [0.5, 0.6) is 0 Å². The summed E-state index contributed by atoms with van der Waals surface area (Å²) in [6.45, 7) is 13.2. The van der Waals surface area contributed by atoms with Crippen molar-refractivity contribution in [2.45, 2.75) is 58.7 Å². The van der Waals surface area contributed by atoms with Gasteiger partial charge in [-0.3, -0.25) is 4.90 Å². The van der Waals surface area contributed by atoms with Gasteiger partial charge in [0.15, 0.2) is 0 Å². The summed E-state index contributed by atoms with van der Waals surface area (Å²) in [6, 6.07) is 1.22. The standard InChI is InChI=1S/C13H28N2O/c1-11(2)15(12(3)4)9-10-16-13-5-7-14-8-6-13/h11-14H,5-10H2,1-4H3. The largest absolute Gasteiger partial charge is 0.377 e. The van der Waals surface area contributed by atoms with E-state index in [1.54, 1.807) is 0 Å². The third kappa shape index (κ3) is 4.81. The second-order valence-electron chi connectivity index (χ2n) is 5.25. The first-order valence-corrected chi connectivity index (χ1v) is 6.69. The highest BCUT2D eigenvalue weighted by molar-refractivity contribution is 4.70. The van der Waals surface area contributed by atoms with Crippen molar-refractivity contribution in [2.24, 2.45) is 0 Å². The Hall–Kier alpha value is -0.120. The lowest BCUT2D eigenvalue weighted by molar-refractivity contribution is 0.0106. The summed E-state index contributed by atoms with van der Waals surface area (Å²) in [7, 11) is 0. The van der Waals surface area contributed by atoms with E-state index in [4.69, 9.17) is 4.74 Å². The van der Waals surface area contributed by atoms with E-state index in [9.17, 15) is 0 Å². The molecule has 0 aliphatic carbocycles. The summed E-state index contributed by atoms with van der Waals surface area (Å²) in [5, 5.41) is 3.36. The van der Waals surface area contributed by atoms with Crippen LogP contribution >= 0.6 is 0 Å². The highest BCUT2D eigenvalue weighted by atomic mass is 16.5. The van der Waals surface area contributed by atoms with Crippen LogP contribution in [-0.4, -0.2) is 49.3 Å². The van der Waals surface area contributed by atoms with Gasteiger partial charge in [-0.2, -0.15) is 0 Å². The zero-order chi connectivity index (χ0) is 12.0. The topological polar surface area (TPSA) is 24.5 Å². The van der Waals surface area contributed by atoms with Crippen molar-refractivity contribution in [1.82, 2.24) is 10.2 Å². The third-order valence-electron chi connectivity index (χ3n) is 3.32. The van der Waals surface area contributed by atoms with E-state index < -0.39 is 0 Å². The van der Waals surface area contributed by atoms with Gasteiger partial charge in [-0.05, 0) is 53.6 Å². The van der Waals surface area contributed by atoms with Crippen molar-refractivity contribution >= 4 is 0 Å². The highest BCUT2D eigenvalue weighted by Crippen LogP contribution is 2.09. The van der Waals surface area contributed by atoms with E-state index in [0.29, 0.717) is 18.2 Å². The molecule has 1 fully saturated rings. The molecular weight excluding hydrogens is 200 g/mol. The first-order chi connectivity index (χ1) is 7.61. The van der Waals surface area contributed by atoms with Gasteiger partial charge in [0.25, 0.3) is 0 Å². The normalized spacial score (nSPS) is 18.9. The molecule has 1 aliphatic rings. The lowest BCUT2D eigenvalue weighted by Crippen LogP contribution is -2.40. The lowest BCUT2D eigenvalue weighted by atomic mass is 10.1. The van der Waals surface area contributed by atoms with E-state index in [-0.39, 0.29) is 0 Å². The van der Waals surface area contributed by atoms with Crippen molar-refractivity contribution in [3.63, 3.8) is 0 Å². The molecule has 1 N–H and O–H groups in total. The van der Waals surface area contributed by atoms with Gasteiger partial charge in [0.05, 0.1) is 12.7 Å². The van der Waals surface area contributed by atoms with Gasteiger partial charge in [-0.25, -0.2) is 0 Å². The fourth-order valence-corrected chi connectivity index (χ4v) is 2.40. The molecule has 0 radical (unpaired) electrons. The fourth-order valence-electron chi connectivity index (χ4n) is 2.40. The van der Waals surface area contributed by atoms with Crippen molar-refractivity contribution in [1.29, 1.82) is 0 Å². The first-order valence-electron chi connectivity index (χ1n) is 6.69. The summed E-state index contributed by atoms with van der Waals surface area (Å²) in [4.78, 5) is 2.49. The average Bonchev–Trinajstić information content (AvgIpc) is 2.24. The van der Waals surface area contributed by atoms with Crippen molar-refractivity contribution in [3.8, 4) is 0 Å². The van der Waals surface area contributed by atoms with E-state index >= 15 is 0 Å². The van der Waals surface area contributed by atoms with E-state index in [1.165, 1.54) is 12.8 Å². The molecule has 1 aliphatic heterocycles. The van der Waals surface area contributed by atoms with Crippen LogP contribution in [0.3, 0.4) is 0 Å². The summed E-state index contributed by atoms with van der Waals surface area (Å²) < 4.78 is 5.93. The minimum Gasteiger partial charge on any atom is -0.377 e. The Morgan fingerprint density at radius 1 is 1.12 bits per heavy atom. The monoisotopic (exact) mass is 228 g/mol. The number of ether oxygens (including phenoxy) is 1. The molecule has 3 nitrogen and oxygen atoms in total. The molecule has 0 saturated carbocycles. The van der Waals surface area contributed by atoms with E-state index in [1.807, 2.05) is 0 Å². The summed E-state index contributed by atoms with van der Waals surface area (Å²) in [5.41, 5.74) is 0. The quantitative estimate of drug-likeness (QED) is 0.751. The van der Waals surface area contributed by atoms with Crippen LogP contribution in [0, 0.1) is 0 Å². The molecule has 0 aromatic heterocycles. The summed E-state index contributed by atoms with van der Waals surface area (Å²) >= 11 is 0. The third-order valence-corrected chi connectivity index (χ3v) is 3.32. The van der Waals surface area contributed by atoms with Crippen LogP contribution in [0.1, 0.15) is 40.5 Å². The van der Waals surface area contributed by atoms with Gasteiger partial charge in [-0.1, -0.05) is 0 Å². The zero-order valence-corrected chi connectivity index (χ0v) is 11.3. The molecule has 16 heavy (non-hydrogen) atoms. The van der Waals surface area contributed by atoms with Gasteiger partial charge < -0.3 is 10.1 Å². The van der Waals surface area contributed by atoms with Crippen LogP contribution < -0.4 is 5.32 Å². The zero-order valence-electron chi connectivity index (χ0n) is 11.3. The van der Waals surface area contributed by atoms with Crippen LogP contribution in [0.15, 0.2) is 0 Å². The second-order valence-corrected chi connectivity index (χ2v) is 5.25. The molecule has 3 heteroatoms. The van der Waals surface area contributed by atoms with E-state index in [2.05, 4.69) is 37.9 Å². The predicted octanol–water partition coefficient (Wildman–Crippen LogP) is 1.87. The van der Waals surface area contributed by atoms with Crippen molar-refractivity contribution < 1.29 is 4.74 Å². The maximum absolute atomic E-state index is 5.93. The maximum Gasteiger partial charge on any atom is 0.0600 e. The Morgan fingerprint density at radius 2 is 1.69 bits per heavy atom. The predicted molar refractivity (Wildman–Crippen MR) is 68.8 cm³/mol. The van der Waals surface area contributed by atoms with Crippen molar-refractivity contribution in [3.05, 3.63) is 0 Å². The molecule has 1 saturated heterocycles. The maximum atomic E-state index is 5.93. The number of nitrogens with one attached hydrogen (secondary N) is 1. The van der Waals surface area contributed by atoms with Gasteiger partial charge >= 0.3 is 0 Å². The molecule has 0 atom stereocenters. The molecule has 1 heterocycles. The smallest absolute Gasteiger partial charge is 0.0600 e. The molecule has 1 rings (SSSR count). The van der Waals surface area contributed by atoms with E-state index in [0.717, 1.165) is 26.2 Å². The summed E-state index contributed by atoms with van der Waals surface area (Å²) in [5.74, 6) is 0. The van der Waals surface area contributed by atoms with Crippen LogP contribution in [0.4, 0.5) is 0 Å². The Morgan fingerprint density at radius 3 is 2.19 bits per heavy atom. The molecule has 0 aromatic rings. The van der Waals surface area contributed by atoms with Crippen molar-refractivity contribution in [2.75, 3.05) is 26.2 Å². The molecular formula is C13H28N2O. The molecule has 0 unspecified atom stereocenters.